The van der Waals surface area contributed by atoms with E-state index in [4.69, 9.17) is 0 Å². The number of benzene rings is 1. The maximum absolute atomic E-state index is 4.61. The minimum atomic E-state index is 0.895. The van der Waals surface area contributed by atoms with Crippen molar-refractivity contribution in [3.05, 3.63) is 30.1 Å². The molecule has 6 heteroatoms. The highest BCUT2D eigenvalue weighted by atomic mass is 32.2. The smallest absolute Gasteiger partial charge is 0.190 e. The number of unbranched alkanes of at least 4 members (excludes halogenated alkanes) is 1. The quantitative estimate of drug-likeness (QED) is 0.416. The van der Waals surface area contributed by atoms with Gasteiger partial charge in [-0.3, -0.25) is 4.99 Å². The number of para-hydroxylation sites is 2. The summed E-state index contributed by atoms with van der Waals surface area (Å²) in [6.45, 7) is 4.91. The number of imidazole rings is 1. The molecule has 0 aliphatic rings. The van der Waals surface area contributed by atoms with Crippen molar-refractivity contribution in [2.24, 2.45) is 4.99 Å². The van der Waals surface area contributed by atoms with E-state index in [-0.39, 0.29) is 0 Å². The Morgan fingerprint density at radius 1 is 1.17 bits per heavy atom. The van der Waals surface area contributed by atoms with Crippen molar-refractivity contribution in [3.63, 3.8) is 0 Å². The number of guanidine groups is 1. The number of nitrogens with zero attached hydrogens (tertiary/aromatic N) is 3. The van der Waals surface area contributed by atoms with Gasteiger partial charge >= 0.3 is 0 Å². The van der Waals surface area contributed by atoms with Gasteiger partial charge in [0.25, 0.3) is 0 Å². The first-order chi connectivity index (χ1) is 11.8. The normalized spacial score (nSPS) is 11.9. The second-order valence-electron chi connectivity index (χ2n) is 5.78. The topological polar surface area (TPSA) is 54.2 Å². The Balaban J connectivity index is 1.72. The van der Waals surface area contributed by atoms with E-state index in [1.165, 1.54) is 24.1 Å². The Bertz CT molecular complexity index is 650. The van der Waals surface area contributed by atoms with E-state index in [2.05, 4.69) is 56.6 Å². The zero-order valence-corrected chi connectivity index (χ0v) is 15.8. The molecule has 0 atom stereocenters. The van der Waals surface area contributed by atoms with E-state index in [9.17, 15) is 0 Å². The van der Waals surface area contributed by atoms with E-state index in [1.807, 2.05) is 24.9 Å². The number of thioether (sulfide) groups is 1. The molecule has 0 radical (unpaired) electrons. The van der Waals surface area contributed by atoms with E-state index in [1.54, 1.807) is 0 Å². The Labute approximate surface area is 149 Å². The molecule has 1 aromatic carbocycles. The molecular weight excluding hydrogens is 318 g/mol. The van der Waals surface area contributed by atoms with Crippen LogP contribution in [0.1, 0.15) is 25.1 Å². The molecule has 0 spiro atoms. The number of aliphatic imine (C=N–C) groups is 1. The molecular formula is C18H29N5S. The summed E-state index contributed by atoms with van der Waals surface area (Å²) in [6.07, 6.45) is 5.62. The SMILES string of the molecule is CN=C(NCCCCSC)NCCCn1c(C)nc2ccccc21. The largest absolute Gasteiger partial charge is 0.356 e. The van der Waals surface area contributed by atoms with Crippen molar-refractivity contribution in [1.82, 2.24) is 20.2 Å². The fraction of sp³-hybridized carbons (Fsp3) is 0.556. The predicted octanol–water partition coefficient (Wildman–Crippen LogP) is 3.04. The predicted molar refractivity (Wildman–Crippen MR) is 106 cm³/mol. The van der Waals surface area contributed by atoms with Crippen LogP contribution in [0.4, 0.5) is 0 Å². The third kappa shape index (κ3) is 5.44. The minimum Gasteiger partial charge on any atom is -0.356 e. The standard InChI is InChI=1S/C18H29N5S/c1-15-22-16-9-4-5-10-17(16)23(15)13-8-12-21-18(19-2)20-11-6-7-14-24-3/h4-5,9-10H,6-8,11-14H2,1-3H3,(H2,19,20,21). The highest BCUT2D eigenvalue weighted by molar-refractivity contribution is 7.98. The molecule has 132 valence electrons. The molecule has 1 aromatic heterocycles. The van der Waals surface area contributed by atoms with E-state index < -0.39 is 0 Å². The average Bonchev–Trinajstić information content (AvgIpc) is 2.92. The van der Waals surface area contributed by atoms with Crippen LogP contribution in [-0.4, -0.2) is 47.7 Å². The van der Waals surface area contributed by atoms with Gasteiger partial charge in [0.2, 0.25) is 0 Å². The maximum Gasteiger partial charge on any atom is 0.190 e. The van der Waals surface area contributed by atoms with Gasteiger partial charge in [-0.25, -0.2) is 4.98 Å². The third-order valence-corrected chi connectivity index (χ3v) is 4.68. The van der Waals surface area contributed by atoms with Crippen molar-refractivity contribution >= 4 is 28.8 Å². The van der Waals surface area contributed by atoms with Crippen LogP contribution in [0.2, 0.25) is 0 Å². The highest BCUT2D eigenvalue weighted by Gasteiger charge is 2.06. The van der Waals surface area contributed by atoms with Crippen molar-refractivity contribution in [2.75, 3.05) is 32.1 Å². The molecule has 0 aliphatic carbocycles. The van der Waals surface area contributed by atoms with E-state index in [0.29, 0.717) is 0 Å². The molecule has 0 saturated carbocycles. The van der Waals surface area contributed by atoms with E-state index >= 15 is 0 Å². The Kier molecular flexibility index (Phi) is 7.95. The molecule has 0 saturated heterocycles. The summed E-state index contributed by atoms with van der Waals surface area (Å²) in [5.41, 5.74) is 2.29. The summed E-state index contributed by atoms with van der Waals surface area (Å²) in [6, 6.07) is 8.31. The first kappa shape index (κ1) is 18.6. The van der Waals surface area contributed by atoms with Crippen LogP contribution in [0.25, 0.3) is 11.0 Å². The lowest BCUT2D eigenvalue weighted by Gasteiger charge is -2.12. The zero-order valence-electron chi connectivity index (χ0n) is 15.0. The van der Waals surface area contributed by atoms with Crippen LogP contribution in [0, 0.1) is 6.92 Å². The van der Waals surface area contributed by atoms with Gasteiger partial charge in [0, 0.05) is 26.7 Å². The number of aryl methyl sites for hydroxylation is 2. The molecule has 2 aromatic rings. The maximum atomic E-state index is 4.61. The number of aromatic nitrogens is 2. The lowest BCUT2D eigenvalue weighted by atomic mass is 10.3. The van der Waals surface area contributed by atoms with Gasteiger partial charge in [-0.1, -0.05) is 12.1 Å². The van der Waals surface area contributed by atoms with Gasteiger partial charge in [0.15, 0.2) is 5.96 Å². The molecule has 24 heavy (non-hydrogen) atoms. The van der Waals surface area contributed by atoms with Crippen LogP contribution in [-0.2, 0) is 6.54 Å². The molecule has 5 nitrogen and oxygen atoms in total. The van der Waals surface area contributed by atoms with Crippen molar-refractivity contribution in [2.45, 2.75) is 32.7 Å². The number of fused-ring (bicyclic) bond motifs is 1. The Morgan fingerprint density at radius 3 is 2.67 bits per heavy atom. The third-order valence-electron chi connectivity index (χ3n) is 3.99. The molecule has 2 rings (SSSR count). The second-order valence-corrected chi connectivity index (χ2v) is 6.76. The summed E-state index contributed by atoms with van der Waals surface area (Å²) in [5.74, 6) is 3.20. The number of hydrogen-bond acceptors (Lipinski definition) is 3. The fourth-order valence-electron chi connectivity index (χ4n) is 2.72. The van der Waals surface area contributed by atoms with Crippen LogP contribution in [0.3, 0.4) is 0 Å². The van der Waals surface area contributed by atoms with Crippen LogP contribution in [0.15, 0.2) is 29.3 Å². The monoisotopic (exact) mass is 347 g/mol. The van der Waals surface area contributed by atoms with Crippen LogP contribution >= 0.6 is 11.8 Å². The van der Waals surface area contributed by atoms with E-state index in [0.717, 1.165) is 43.4 Å². The number of hydrogen-bond donors (Lipinski definition) is 2. The van der Waals surface area contributed by atoms with Gasteiger partial charge in [-0.15, -0.1) is 0 Å². The number of nitrogens with one attached hydrogen (secondary N) is 2. The molecule has 0 unspecified atom stereocenters. The second kappa shape index (κ2) is 10.2. The van der Waals surface area contributed by atoms with Crippen molar-refractivity contribution < 1.29 is 0 Å². The average molecular weight is 348 g/mol. The van der Waals surface area contributed by atoms with Crippen LogP contribution in [0.5, 0.6) is 0 Å². The first-order valence-corrected chi connectivity index (χ1v) is 10.0. The minimum absolute atomic E-state index is 0.895. The molecule has 0 bridgehead atoms. The molecule has 2 N–H and O–H groups in total. The summed E-state index contributed by atoms with van der Waals surface area (Å²) in [5, 5.41) is 6.76. The van der Waals surface area contributed by atoms with Gasteiger partial charge < -0.3 is 15.2 Å². The summed E-state index contributed by atoms with van der Waals surface area (Å²) < 4.78 is 2.29. The lowest BCUT2D eigenvalue weighted by molar-refractivity contribution is 0.622. The number of rotatable bonds is 9. The highest BCUT2D eigenvalue weighted by Crippen LogP contribution is 2.15. The zero-order chi connectivity index (χ0) is 17.2. The molecule has 0 amide bonds. The molecule has 0 fully saturated rings. The fourth-order valence-corrected chi connectivity index (χ4v) is 3.21. The Morgan fingerprint density at radius 2 is 1.92 bits per heavy atom. The van der Waals surface area contributed by atoms with Gasteiger partial charge in [0.1, 0.15) is 5.82 Å². The van der Waals surface area contributed by atoms with Gasteiger partial charge in [-0.2, -0.15) is 11.8 Å². The molecule has 1 heterocycles. The van der Waals surface area contributed by atoms with Crippen molar-refractivity contribution in [3.8, 4) is 0 Å². The summed E-state index contributed by atoms with van der Waals surface area (Å²) in [7, 11) is 1.82. The van der Waals surface area contributed by atoms with Crippen molar-refractivity contribution in [1.29, 1.82) is 0 Å². The lowest BCUT2D eigenvalue weighted by Crippen LogP contribution is -2.38. The van der Waals surface area contributed by atoms with Gasteiger partial charge in [-0.05, 0) is 50.3 Å². The summed E-state index contributed by atoms with van der Waals surface area (Å²) in [4.78, 5) is 8.89. The van der Waals surface area contributed by atoms with Gasteiger partial charge in [0.05, 0.1) is 11.0 Å². The van der Waals surface area contributed by atoms with Crippen LogP contribution < -0.4 is 10.6 Å². The molecule has 0 aliphatic heterocycles. The first-order valence-electron chi connectivity index (χ1n) is 8.61. The summed E-state index contributed by atoms with van der Waals surface area (Å²) >= 11 is 1.90. The Hall–Kier alpha value is -1.69.